The van der Waals surface area contributed by atoms with Crippen LogP contribution in [-0.2, 0) is 20.0 Å². The predicted octanol–water partition coefficient (Wildman–Crippen LogP) is 2.48. The monoisotopic (exact) mass is 352 g/mol. The van der Waals surface area contributed by atoms with Crippen LogP contribution in [0.1, 0.15) is 0 Å². The van der Waals surface area contributed by atoms with Crippen molar-refractivity contribution in [2.75, 3.05) is 0 Å². The summed E-state index contributed by atoms with van der Waals surface area (Å²) in [5.41, 5.74) is -6.52. The highest BCUT2D eigenvalue weighted by atomic mass is 32.3. The zero-order chi connectivity index (χ0) is 16.4. The molecule has 0 amide bonds. The van der Waals surface area contributed by atoms with Gasteiger partial charge in [-0.1, -0.05) is 0 Å². The maximum absolute atomic E-state index is 12.4. The van der Waals surface area contributed by atoms with E-state index in [1.165, 1.54) is 0 Å². The van der Waals surface area contributed by atoms with Crippen LogP contribution >= 0.6 is 0 Å². The van der Waals surface area contributed by atoms with Crippen molar-refractivity contribution in [3.8, 4) is 0 Å². The zero-order valence-electron chi connectivity index (χ0n) is 8.03. The van der Waals surface area contributed by atoms with E-state index in [0.29, 0.717) is 0 Å². The molecule has 1 aliphatic rings. The highest BCUT2D eigenvalue weighted by molar-refractivity contribution is 8.13. The van der Waals surface area contributed by atoms with Gasteiger partial charge in [0.2, 0.25) is 11.0 Å². The van der Waals surface area contributed by atoms with Crippen molar-refractivity contribution >= 4 is 20.0 Å². The number of rotatable bonds is 0. The molecule has 1 aliphatic heterocycles. The number of hydrogen-bond donors (Lipinski definition) is 0. The van der Waals surface area contributed by atoms with Crippen LogP contribution in [0.15, 0.2) is 0 Å². The number of nitrogens with zero attached hydrogens (tertiary/aromatic N) is 1. The molecular formula is C3H3F9NO4S2-. The molecular weight excluding hydrogens is 349 g/mol. The molecule has 2 atom stereocenters. The highest BCUT2D eigenvalue weighted by Crippen LogP contribution is 2.34. The Hall–Kier alpha value is -0.770. The molecule has 0 aliphatic carbocycles. The fourth-order valence-electron chi connectivity index (χ4n) is 0.675. The molecule has 0 aromatic heterocycles. The number of sulfonamides is 2. The van der Waals surface area contributed by atoms with Crippen LogP contribution in [0.3, 0.4) is 0 Å². The topological polar surface area (TPSA) is 82.4 Å². The van der Waals surface area contributed by atoms with Crippen molar-refractivity contribution in [1.82, 2.24) is 0 Å². The second kappa shape index (κ2) is 10.1. The van der Waals surface area contributed by atoms with Crippen LogP contribution in [0.25, 0.3) is 4.13 Å². The molecule has 1 saturated heterocycles. The molecule has 1 heterocycles. The molecule has 5 nitrogen and oxygen atoms in total. The van der Waals surface area contributed by atoms with E-state index in [1.54, 1.807) is 0 Å². The molecule has 1 fully saturated rings. The molecule has 19 heavy (non-hydrogen) atoms. The molecule has 0 bridgehead atoms. The van der Waals surface area contributed by atoms with Gasteiger partial charge in [-0.25, -0.2) is 30.0 Å². The summed E-state index contributed by atoms with van der Waals surface area (Å²) in [6.07, 6.45) is -3.24. The van der Waals surface area contributed by atoms with Crippen molar-refractivity contribution in [3.05, 3.63) is 4.13 Å². The Morgan fingerprint density at radius 3 is 1.05 bits per heavy atom. The van der Waals surface area contributed by atoms with E-state index < -0.39 is 37.2 Å². The van der Waals surface area contributed by atoms with Gasteiger partial charge in [0.1, 0.15) is 20.0 Å². The average molecular weight is 352 g/mol. The van der Waals surface area contributed by atoms with Gasteiger partial charge in [0, 0.05) is 27.4 Å². The Bertz CT molecular complexity index is 373. The fourth-order valence-corrected chi connectivity index (χ4v) is 3.52. The molecule has 1 rings (SSSR count). The number of hydrogen-bond acceptors (Lipinski definition) is 4. The molecule has 0 saturated carbocycles. The lowest BCUT2D eigenvalue weighted by molar-refractivity contribution is 0.108. The first-order valence-electron chi connectivity index (χ1n) is 3.25. The molecule has 2 unspecified atom stereocenters. The summed E-state index contributed by atoms with van der Waals surface area (Å²) in [5, 5.41) is 0. The van der Waals surface area contributed by atoms with Gasteiger partial charge in [-0.2, -0.15) is 0 Å². The standard InChI is InChI=1S/C3H3F3NO4S2.3F2/c4-1-2(5)12(8,9)7-13(10,11)3(1)6;3*1-2/h1-3H;;;/q-1;;;. The van der Waals surface area contributed by atoms with E-state index in [-0.39, 0.29) is 0 Å². The Labute approximate surface area is 99.6 Å². The van der Waals surface area contributed by atoms with E-state index in [1.807, 2.05) is 4.13 Å². The van der Waals surface area contributed by atoms with Gasteiger partial charge in [-0.05, 0) is 0 Å². The second-order valence-corrected chi connectivity index (χ2v) is 5.81. The minimum absolute atomic E-state index is 1.91. The molecule has 120 valence electrons. The smallest absolute Gasteiger partial charge is 0.219 e. The van der Waals surface area contributed by atoms with Gasteiger partial charge >= 0.3 is 0 Å². The minimum atomic E-state index is -5.10. The Balaban J connectivity index is -0.000000375. The lowest BCUT2D eigenvalue weighted by Gasteiger charge is -2.33. The van der Waals surface area contributed by atoms with Crippen molar-refractivity contribution < 1.29 is 57.5 Å². The number of alkyl halides is 3. The van der Waals surface area contributed by atoms with Crippen molar-refractivity contribution in [1.29, 1.82) is 0 Å². The van der Waals surface area contributed by atoms with Gasteiger partial charge in [0.25, 0.3) is 0 Å². The van der Waals surface area contributed by atoms with Crippen LogP contribution in [0.2, 0.25) is 0 Å². The Kier molecular flexibility index (Phi) is 12.4. The van der Waals surface area contributed by atoms with Gasteiger partial charge in [0.15, 0.2) is 6.17 Å². The van der Waals surface area contributed by atoms with Gasteiger partial charge in [0.05, 0.1) is 0 Å². The molecule has 0 N–H and O–H groups in total. The van der Waals surface area contributed by atoms with Crippen LogP contribution < -0.4 is 0 Å². The molecule has 0 spiro atoms. The van der Waals surface area contributed by atoms with Gasteiger partial charge < -0.3 is 4.13 Å². The molecule has 0 aromatic rings. The van der Waals surface area contributed by atoms with E-state index in [0.717, 1.165) is 0 Å². The zero-order valence-corrected chi connectivity index (χ0v) is 9.66. The van der Waals surface area contributed by atoms with Gasteiger partial charge in [-0.3, -0.25) is 0 Å². The van der Waals surface area contributed by atoms with Gasteiger partial charge in [-0.15, -0.1) is 0 Å². The Morgan fingerprint density at radius 2 is 0.842 bits per heavy atom. The van der Waals surface area contributed by atoms with Crippen LogP contribution in [0.4, 0.5) is 40.6 Å². The lowest BCUT2D eigenvalue weighted by Crippen LogP contribution is -2.43. The van der Waals surface area contributed by atoms with E-state index in [9.17, 15) is 30.0 Å². The quantitative estimate of drug-likeness (QED) is 0.627. The summed E-state index contributed by atoms with van der Waals surface area (Å²) in [7, 11) is -10.2. The van der Waals surface area contributed by atoms with Crippen LogP contribution in [-0.4, -0.2) is 34.0 Å². The molecule has 0 aromatic carbocycles. The predicted molar refractivity (Wildman–Crippen MR) is 42.5 cm³/mol. The van der Waals surface area contributed by atoms with Crippen molar-refractivity contribution in [2.45, 2.75) is 17.2 Å². The van der Waals surface area contributed by atoms with E-state index in [4.69, 9.17) is 27.4 Å². The first kappa shape index (κ1) is 23.3. The van der Waals surface area contributed by atoms with Crippen molar-refractivity contribution in [3.63, 3.8) is 0 Å². The minimum Gasteiger partial charge on any atom is -0.431 e. The third kappa shape index (κ3) is 6.28. The van der Waals surface area contributed by atoms with Crippen molar-refractivity contribution in [2.24, 2.45) is 0 Å². The fraction of sp³-hybridized carbons (Fsp3) is 1.00. The summed E-state index contributed by atoms with van der Waals surface area (Å²) >= 11 is 0. The summed E-state index contributed by atoms with van der Waals surface area (Å²) in [5.74, 6) is 0. The maximum Gasteiger partial charge on any atom is 0.219 e. The normalized spacial score (nSPS) is 30.3. The average Bonchev–Trinajstić information content (AvgIpc) is 2.40. The summed E-state index contributed by atoms with van der Waals surface area (Å²) < 4.78 is 129. The summed E-state index contributed by atoms with van der Waals surface area (Å²) in [6.45, 7) is 0. The third-order valence-corrected chi connectivity index (χ3v) is 4.60. The van der Waals surface area contributed by atoms with E-state index in [2.05, 4.69) is 0 Å². The summed E-state index contributed by atoms with van der Waals surface area (Å²) in [6, 6.07) is 0. The molecule has 0 radical (unpaired) electrons. The number of halogens is 9. The summed E-state index contributed by atoms with van der Waals surface area (Å²) in [4.78, 5) is 0. The molecule has 16 heteroatoms. The lowest BCUT2D eigenvalue weighted by atomic mass is 10.5. The first-order chi connectivity index (χ1) is 8.68. The second-order valence-electron chi connectivity index (χ2n) is 2.25. The largest absolute Gasteiger partial charge is 0.431 e. The van der Waals surface area contributed by atoms with Crippen LogP contribution in [0.5, 0.6) is 0 Å². The van der Waals surface area contributed by atoms with Crippen LogP contribution in [0, 0.1) is 0 Å². The van der Waals surface area contributed by atoms with E-state index >= 15 is 0 Å². The Morgan fingerprint density at radius 1 is 0.632 bits per heavy atom. The third-order valence-electron chi connectivity index (χ3n) is 1.28. The first-order valence-corrected chi connectivity index (χ1v) is 6.26. The maximum atomic E-state index is 12.4. The highest BCUT2D eigenvalue weighted by Gasteiger charge is 2.45. The SMILES string of the molecule is FF.FF.FF.O=S1(=O)[N-]S(=O)(=O)C(F)C(F)C1F.